The van der Waals surface area contributed by atoms with Gasteiger partial charge in [-0.05, 0) is 0 Å². The number of allylic oxidation sites excluding steroid dienone is 4. The predicted octanol–water partition coefficient (Wildman–Crippen LogP) is 3.33. The van der Waals surface area contributed by atoms with Crippen LogP contribution in [0.4, 0.5) is 0 Å². The zero-order chi connectivity index (χ0) is 27.2. The van der Waals surface area contributed by atoms with Crippen LogP contribution in [-0.4, -0.2) is 3.71 Å². The maximum absolute atomic E-state index is 2.76. The molecule has 0 radical (unpaired) electrons. The van der Waals surface area contributed by atoms with Crippen LogP contribution >= 0.6 is 0 Å². The monoisotopic (exact) mass is 648 g/mol. The largest absolute Gasteiger partial charge is 1.00 e. The second-order valence-corrected chi connectivity index (χ2v) is 18.6. The third kappa shape index (κ3) is 6.28. The van der Waals surface area contributed by atoms with Gasteiger partial charge in [0.1, 0.15) is 0 Å². The van der Waals surface area contributed by atoms with Gasteiger partial charge in [-0.2, -0.15) is 0 Å². The molecule has 5 rings (SSSR count). The van der Waals surface area contributed by atoms with Gasteiger partial charge >= 0.3 is 240 Å². The number of rotatable bonds is 5. The van der Waals surface area contributed by atoms with Crippen LogP contribution in [-0.2, 0) is 33.1 Å². The third-order valence-electron chi connectivity index (χ3n) is 8.51. The zero-order valence-corrected chi connectivity index (χ0v) is 29.4. The van der Waals surface area contributed by atoms with Crippen LogP contribution < -0.4 is 28.1 Å². The molecule has 1 atom stereocenters. The summed E-state index contributed by atoms with van der Waals surface area (Å²) in [4.78, 5) is 0. The van der Waals surface area contributed by atoms with E-state index in [1.54, 1.807) is 20.0 Å². The van der Waals surface area contributed by atoms with Crippen molar-refractivity contribution in [1.29, 1.82) is 0 Å². The summed E-state index contributed by atoms with van der Waals surface area (Å²) in [5.74, 6) is 0.568. The van der Waals surface area contributed by atoms with Crippen LogP contribution in [0, 0.1) is 11.3 Å². The Bertz CT molecular complexity index is 1460. The zero-order valence-electron chi connectivity index (χ0n) is 25.5. The number of benzene rings is 3. The Morgan fingerprint density at radius 1 is 0.775 bits per heavy atom. The summed E-state index contributed by atoms with van der Waals surface area (Å²) < 4.78 is 6.27. The van der Waals surface area contributed by atoms with Crippen molar-refractivity contribution in [2.24, 2.45) is 11.3 Å². The summed E-state index contributed by atoms with van der Waals surface area (Å²) in [5, 5.41) is 0. The first-order valence-electron chi connectivity index (χ1n) is 14.5. The molecule has 0 nitrogen and oxygen atoms in total. The van der Waals surface area contributed by atoms with E-state index in [0.717, 1.165) is 12.8 Å². The molecule has 2 aliphatic rings. The summed E-state index contributed by atoms with van der Waals surface area (Å²) in [7, 11) is 0. The van der Waals surface area contributed by atoms with Crippen LogP contribution in [0.2, 0.25) is 0 Å². The topological polar surface area (TPSA) is 0 Å². The minimum atomic E-state index is -2.46. The fraction of sp³-hybridized carbons (Fsp3) is 0.378. The maximum atomic E-state index is 2.76. The van der Waals surface area contributed by atoms with E-state index in [1.807, 2.05) is 3.28 Å². The van der Waals surface area contributed by atoms with Gasteiger partial charge < -0.3 is 24.8 Å². The molecule has 1 unspecified atom stereocenters. The molecule has 3 heteroatoms. The summed E-state index contributed by atoms with van der Waals surface area (Å²) in [6, 6.07) is 25.8. The SMILES string of the molecule is CCC1=[C](/[Zr+2](=[CH]/c2ccc(C(C)(C)C)cc2)[c]2cccc3c2Cc2ccccc2-3)C(CC)C=C1C(C)(C)C.[Cl-].[Cl-]. The van der Waals surface area contributed by atoms with Crippen LogP contribution in [0.25, 0.3) is 11.1 Å². The van der Waals surface area contributed by atoms with Crippen molar-refractivity contribution < 1.29 is 46.1 Å². The molecule has 0 heterocycles. The first kappa shape index (κ1) is 33.0. The van der Waals surface area contributed by atoms with Gasteiger partial charge in [0.2, 0.25) is 0 Å². The third-order valence-corrected chi connectivity index (χ3v) is 15.7. The normalized spacial score (nSPS) is 16.2. The summed E-state index contributed by atoms with van der Waals surface area (Å²) in [6.07, 6.45) is 6.05. The summed E-state index contributed by atoms with van der Waals surface area (Å²) in [5.41, 5.74) is 12.5. The van der Waals surface area contributed by atoms with Gasteiger partial charge in [-0.3, -0.25) is 0 Å². The fourth-order valence-corrected chi connectivity index (χ4v) is 14.5. The van der Waals surface area contributed by atoms with Crippen molar-refractivity contribution in [3.05, 3.63) is 109 Å². The minimum absolute atomic E-state index is 0. The Kier molecular flexibility index (Phi) is 10.5. The smallest absolute Gasteiger partial charge is 1.00 e. The molecule has 0 saturated heterocycles. The molecule has 0 N–H and O–H groups in total. The van der Waals surface area contributed by atoms with Crippen LogP contribution in [0.1, 0.15) is 90.5 Å². The number of hydrogen-bond acceptors (Lipinski definition) is 0. The van der Waals surface area contributed by atoms with Gasteiger partial charge in [-0.25, -0.2) is 0 Å². The molecule has 3 aromatic rings. The van der Waals surface area contributed by atoms with E-state index in [9.17, 15) is 0 Å². The van der Waals surface area contributed by atoms with E-state index in [-0.39, 0.29) is 35.6 Å². The summed E-state index contributed by atoms with van der Waals surface area (Å²) in [6.45, 7) is 18.9. The van der Waals surface area contributed by atoms with Gasteiger partial charge in [0.25, 0.3) is 0 Å². The quantitative estimate of drug-likeness (QED) is 0.311. The van der Waals surface area contributed by atoms with Crippen molar-refractivity contribution >= 4 is 6.98 Å². The van der Waals surface area contributed by atoms with E-state index < -0.39 is 21.3 Å². The molecule has 0 saturated carbocycles. The molecule has 0 aromatic heterocycles. The maximum Gasteiger partial charge on any atom is -1.00 e. The van der Waals surface area contributed by atoms with Crippen molar-refractivity contribution in [1.82, 2.24) is 0 Å². The number of fused-ring (bicyclic) bond motifs is 3. The first-order chi connectivity index (χ1) is 18.0. The van der Waals surface area contributed by atoms with E-state index in [4.69, 9.17) is 0 Å². The predicted molar refractivity (Wildman–Crippen MR) is 163 cm³/mol. The standard InChI is InChI=1S/C13H9.C13H21.C11H14.2ClH.Zr/c1-3-7-12-10(5-1)9-11-6-2-4-8-13(11)12;1-6-10-8-11(7-2)12(9-10)13(3,4)5;1-9-5-7-10(8-6-9)11(2,3)4;;;/h1-5,7-8H,9H2;9-10H,6-7H2,1-5H3;1,5-8H,2-4H3;2*1H;/q;;;;;+2/p-2. The molecule has 3 aromatic carbocycles. The Balaban J connectivity index is 0.00000220. The molecule has 0 aliphatic heterocycles. The van der Waals surface area contributed by atoms with E-state index in [0.29, 0.717) is 5.92 Å². The molecule has 210 valence electrons. The Labute approximate surface area is 263 Å². The van der Waals surface area contributed by atoms with Crippen molar-refractivity contribution in [3.63, 3.8) is 0 Å². The number of hydrogen-bond donors (Lipinski definition) is 0. The fourth-order valence-electron chi connectivity index (χ4n) is 6.48. The Morgan fingerprint density at radius 2 is 1.43 bits per heavy atom. The van der Waals surface area contributed by atoms with E-state index >= 15 is 0 Å². The number of halogens is 2. The first-order valence-corrected chi connectivity index (χ1v) is 18.4. The van der Waals surface area contributed by atoms with Gasteiger partial charge in [0, 0.05) is 0 Å². The molecule has 2 aliphatic carbocycles. The van der Waals surface area contributed by atoms with E-state index in [1.165, 1.54) is 34.2 Å². The Morgan fingerprint density at radius 3 is 2.02 bits per heavy atom. The van der Waals surface area contributed by atoms with Crippen molar-refractivity contribution in [3.8, 4) is 11.1 Å². The van der Waals surface area contributed by atoms with Gasteiger partial charge in [0.05, 0.1) is 0 Å². The van der Waals surface area contributed by atoms with Crippen LogP contribution in [0.3, 0.4) is 0 Å². The van der Waals surface area contributed by atoms with Gasteiger partial charge in [0.15, 0.2) is 0 Å². The minimum Gasteiger partial charge on any atom is -1.00 e. The second kappa shape index (κ2) is 12.8. The molecule has 0 amide bonds. The molecule has 0 spiro atoms. The molecule has 0 bridgehead atoms. The van der Waals surface area contributed by atoms with Crippen LogP contribution in [0.5, 0.6) is 0 Å². The van der Waals surface area contributed by atoms with Gasteiger partial charge in [-0.1, -0.05) is 0 Å². The molecular weight excluding hydrogens is 607 g/mol. The molecule has 0 fully saturated rings. The van der Waals surface area contributed by atoms with Crippen molar-refractivity contribution in [2.45, 2.75) is 80.1 Å². The second-order valence-electron chi connectivity index (χ2n) is 13.2. The van der Waals surface area contributed by atoms with E-state index in [2.05, 4.69) is 132 Å². The average Bonchev–Trinajstić information content (AvgIpc) is 3.45. The van der Waals surface area contributed by atoms with Crippen molar-refractivity contribution in [2.75, 3.05) is 0 Å². The Hall–Kier alpha value is -1.53. The summed E-state index contributed by atoms with van der Waals surface area (Å²) >= 11 is -2.46. The van der Waals surface area contributed by atoms with Gasteiger partial charge in [-0.15, -0.1) is 0 Å². The molecule has 40 heavy (non-hydrogen) atoms. The average molecular weight is 651 g/mol. The molecular formula is C37H44Cl2Zr. The van der Waals surface area contributed by atoms with Crippen LogP contribution in [0.15, 0.2) is 87.2 Å².